The second-order valence-electron chi connectivity index (χ2n) is 3.13. The van der Waals surface area contributed by atoms with Gasteiger partial charge in [-0.1, -0.05) is 36.5 Å². The molecule has 0 bridgehead atoms. The summed E-state index contributed by atoms with van der Waals surface area (Å²) >= 11 is 0. The number of hydrogen-bond donors (Lipinski definition) is 0. The number of rotatable bonds is 0. The van der Waals surface area contributed by atoms with Crippen LogP contribution in [0.3, 0.4) is 0 Å². The third kappa shape index (κ3) is 1.21. The molecule has 0 saturated heterocycles. The van der Waals surface area contributed by atoms with E-state index in [2.05, 4.69) is 30.9 Å². The summed E-state index contributed by atoms with van der Waals surface area (Å²) in [5, 5.41) is 0. The van der Waals surface area contributed by atoms with Crippen molar-refractivity contribution in [3.8, 4) is 0 Å². The van der Waals surface area contributed by atoms with Crippen molar-refractivity contribution in [1.29, 1.82) is 0 Å². The Morgan fingerprint density at radius 3 is 3.18 bits per heavy atom. The molecule has 0 heteroatoms. The molecule has 0 aromatic carbocycles. The van der Waals surface area contributed by atoms with Crippen LogP contribution in [0.5, 0.6) is 0 Å². The maximum Gasteiger partial charge on any atom is -0.00941 e. The van der Waals surface area contributed by atoms with Crippen molar-refractivity contribution in [2.75, 3.05) is 0 Å². The fourth-order valence-corrected chi connectivity index (χ4v) is 1.60. The van der Waals surface area contributed by atoms with Crippen LogP contribution in [-0.4, -0.2) is 0 Å². The second-order valence-corrected chi connectivity index (χ2v) is 3.13. The van der Waals surface area contributed by atoms with E-state index in [-0.39, 0.29) is 0 Å². The van der Waals surface area contributed by atoms with E-state index in [1.54, 1.807) is 0 Å². The van der Waals surface area contributed by atoms with E-state index in [0.717, 1.165) is 6.42 Å². The molecule has 0 nitrogen and oxygen atoms in total. The van der Waals surface area contributed by atoms with E-state index in [4.69, 9.17) is 0 Å². The predicted octanol–water partition coefficient (Wildman–Crippen LogP) is 3.15. The van der Waals surface area contributed by atoms with Gasteiger partial charge >= 0.3 is 0 Å². The zero-order valence-corrected chi connectivity index (χ0v) is 6.64. The van der Waals surface area contributed by atoms with Gasteiger partial charge in [0.05, 0.1) is 0 Å². The van der Waals surface area contributed by atoms with Gasteiger partial charge < -0.3 is 0 Å². The molecule has 0 heterocycles. The Labute approximate surface area is 67.6 Å². The van der Waals surface area contributed by atoms with Gasteiger partial charge in [-0.2, -0.15) is 0 Å². The van der Waals surface area contributed by atoms with Crippen LogP contribution in [-0.2, 0) is 0 Å². The first kappa shape index (κ1) is 6.66. The largest absolute Gasteiger partial charge is 0.0955 e. The summed E-state index contributed by atoms with van der Waals surface area (Å²) in [6, 6.07) is 0. The van der Waals surface area contributed by atoms with Crippen LogP contribution in [0.25, 0.3) is 0 Å². The van der Waals surface area contributed by atoms with Crippen LogP contribution in [0, 0.1) is 0 Å². The zero-order chi connectivity index (χ0) is 7.68. The first-order valence-electron chi connectivity index (χ1n) is 4.12. The molecule has 11 heavy (non-hydrogen) atoms. The van der Waals surface area contributed by atoms with Gasteiger partial charge in [0, 0.05) is 0 Å². The van der Waals surface area contributed by atoms with E-state index >= 15 is 0 Å². The highest BCUT2D eigenvalue weighted by molar-refractivity contribution is 5.49. The molecule has 0 aliphatic heterocycles. The van der Waals surface area contributed by atoms with E-state index < -0.39 is 0 Å². The molecule has 0 spiro atoms. The van der Waals surface area contributed by atoms with Crippen molar-refractivity contribution in [3.05, 3.63) is 47.6 Å². The molecule has 0 aromatic rings. The predicted molar refractivity (Wildman–Crippen MR) is 48.3 cm³/mol. The number of allylic oxidation sites excluding steroid dienone is 7. The quantitative estimate of drug-likeness (QED) is 0.490. The zero-order valence-electron chi connectivity index (χ0n) is 6.64. The van der Waals surface area contributed by atoms with E-state index in [0.29, 0.717) is 0 Å². The molecule has 2 aliphatic rings. The van der Waals surface area contributed by atoms with Crippen LogP contribution in [0.15, 0.2) is 47.6 Å². The molecular formula is C11H12. The van der Waals surface area contributed by atoms with Crippen LogP contribution in [0.1, 0.15) is 19.3 Å². The fourth-order valence-electron chi connectivity index (χ4n) is 1.60. The third-order valence-corrected chi connectivity index (χ3v) is 2.21. The van der Waals surface area contributed by atoms with Crippen LogP contribution in [0.2, 0.25) is 0 Å². The Bertz CT molecular complexity index is 274. The average Bonchev–Trinajstić information content (AvgIpc) is 2.04. The monoisotopic (exact) mass is 144 g/mol. The fraction of sp³-hybridized carbons (Fsp3) is 0.273. The van der Waals surface area contributed by atoms with Crippen molar-refractivity contribution in [2.45, 2.75) is 19.3 Å². The summed E-state index contributed by atoms with van der Waals surface area (Å²) in [4.78, 5) is 0. The minimum Gasteiger partial charge on any atom is -0.0955 e. The summed E-state index contributed by atoms with van der Waals surface area (Å²) in [6.45, 7) is 3.96. The minimum atomic E-state index is 1.03. The third-order valence-electron chi connectivity index (χ3n) is 2.21. The Morgan fingerprint density at radius 2 is 2.27 bits per heavy atom. The highest BCUT2D eigenvalue weighted by Gasteiger charge is 2.09. The first-order valence-corrected chi connectivity index (χ1v) is 4.12. The maximum absolute atomic E-state index is 3.96. The highest BCUT2D eigenvalue weighted by atomic mass is 14.1. The second kappa shape index (κ2) is 2.54. The molecule has 0 radical (unpaired) electrons. The number of fused-ring (bicyclic) bond motifs is 1. The van der Waals surface area contributed by atoms with Gasteiger partial charge in [-0.05, 0) is 30.4 Å². The molecule has 0 fully saturated rings. The van der Waals surface area contributed by atoms with E-state index in [9.17, 15) is 0 Å². The lowest BCUT2D eigenvalue weighted by Gasteiger charge is -2.17. The standard InChI is InChI=1S/C11H12/c1-9-6-7-10-4-2-3-5-11(10)8-9/h2,4,7-8H,1,3,5-6H2. The van der Waals surface area contributed by atoms with Gasteiger partial charge in [-0.15, -0.1) is 0 Å². The van der Waals surface area contributed by atoms with Crippen LogP contribution < -0.4 is 0 Å². The summed E-state index contributed by atoms with van der Waals surface area (Å²) in [5.41, 5.74) is 4.14. The molecule has 0 saturated carbocycles. The van der Waals surface area contributed by atoms with Crippen molar-refractivity contribution < 1.29 is 0 Å². The molecule has 0 atom stereocenters. The summed E-state index contributed by atoms with van der Waals surface area (Å²) < 4.78 is 0. The van der Waals surface area contributed by atoms with E-state index in [1.807, 2.05) is 0 Å². The van der Waals surface area contributed by atoms with Crippen LogP contribution in [0.4, 0.5) is 0 Å². The van der Waals surface area contributed by atoms with Crippen molar-refractivity contribution in [3.63, 3.8) is 0 Å². The summed E-state index contributed by atoms with van der Waals surface area (Å²) in [7, 11) is 0. The van der Waals surface area contributed by atoms with Crippen molar-refractivity contribution >= 4 is 0 Å². The molecular weight excluding hydrogens is 132 g/mol. The lowest BCUT2D eigenvalue weighted by Crippen LogP contribution is -1.97. The molecule has 0 N–H and O–H groups in total. The Balaban J connectivity index is 2.37. The smallest absolute Gasteiger partial charge is 0.00941 e. The minimum absolute atomic E-state index is 1.03. The lowest BCUT2D eigenvalue weighted by molar-refractivity contribution is 0.949. The van der Waals surface area contributed by atoms with Gasteiger partial charge in [-0.25, -0.2) is 0 Å². The number of hydrogen-bond acceptors (Lipinski definition) is 0. The molecule has 0 aromatic heterocycles. The summed E-state index contributed by atoms with van der Waals surface area (Å²) in [6.07, 6.45) is 12.4. The molecule has 0 amide bonds. The molecule has 2 aliphatic carbocycles. The Kier molecular flexibility index (Phi) is 1.54. The average molecular weight is 144 g/mol. The van der Waals surface area contributed by atoms with Crippen LogP contribution >= 0.6 is 0 Å². The van der Waals surface area contributed by atoms with Gasteiger partial charge in [0.15, 0.2) is 0 Å². The van der Waals surface area contributed by atoms with E-state index in [1.165, 1.54) is 29.6 Å². The Hall–Kier alpha value is -1.04. The topological polar surface area (TPSA) is 0 Å². The normalized spacial score (nSPS) is 22.4. The summed E-state index contributed by atoms with van der Waals surface area (Å²) in [5.74, 6) is 0. The first-order chi connectivity index (χ1) is 5.36. The molecule has 0 unspecified atom stereocenters. The molecule has 2 rings (SSSR count). The van der Waals surface area contributed by atoms with Crippen molar-refractivity contribution in [1.82, 2.24) is 0 Å². The van der Waals surface area contributed by atoms with Gasteiger partial charge in [0.25, 0.3) is 0 Å². The maximum atomic E-state index is 3.96. The van der Waals surface area contributed by atoms with Gasteiger partial charge in [0.2, 0.25) is 0 Å². The SMILES string of the molecule is C=C1C=C2CCC=CC2=CC1. The molecule has 56 valence electrons. The van der Waals surface area contributed by atoms with Gasteiger partial charge in [0.1, 0.15) is 0 Å². The Morgan fingerprint density at radius 1 is 1.36 bits per heavy atom. The highest BCUT2D eigenvalue weighted by Crippen LogP contribution is 2.29. The lowest BCUT2D eigenvalue weighted by atomic mass is 9.88. The van der Waals surface area contributed by atoms with Crippen molar-refractivity contribution in [2.24, 2.45) is 0 Å². The van der Waals surface area contributed by atoms with Gasteiger partial charge in [-0.3, -0.25) is 0 Å².